The lowest BCUT2D eigenvalue weighted by Gasteiger charge is -2.09. The number of carbonyl (C=O) groups excluding carboxylic acids is 1. The summed E-state index contributed by atoms with van der Waals surface area (Å²) in [5.41, 5.74) is 2.38. The van der Waals surface area contributed by atoms with E-state index in [1.165, 1.54) is 12.8 Å². The van der Waals surface area contributed by atoms with Crippen molar-refractivity contribution in [2.75, 3.05) is 5.32 Å². The summed E-state index contributed by atoms with van der Waals surface area (Å²) in [7, 11) is 0. The van der Waals surface area contributed by atoms with Crippen molar-refractivity contribution in [2.24, 2.45) is 0 Å². The summed E-state index contributed by atoms with van der Waals surface area (Å²) in [5.74, 6) is 1.84. The molecule has 0 unspecified atom stereocenters. The number of aromatic nitrogens is 3. The zero-order valence-corrected chi connectivity index (χ0v) is 15.9. The van der Waals surface area contributed by atoms with Gasteiger partial charge in [-0.2, -0.15) is 0 Å². The molecule has 2 aromatic carbocycles. The molecule has 0 radical (unpaired) electrons. The Morgan fingerprint density at radius 2 is 1.81 bits per heavy atom. The summed E-state index contributed by atoms with van der Waals surface area (Å²) in [6.07, 6.45) is 4.58. The third-order valence-electron chi connectivity index (χ3n) is 4.63. The van der Waals surface area contributed by atoms with Crippen LogP contribution in [-0.4, -0.2) is 20.7 Å². The van der Waals surface area contributed by atoms with Crippen LogP contribution in [0.15, 0.2) is 53.0 Å². The van der Waals surface area contributed by atoms with Crippen LogP contribution in [0.3, 0.4) is 0 Å². The van der Waals surface area contributed by atoms with Gasteiger partial charge in [0.1, 0.15) is 5.82 Å². The molecule has 132 valence electrons. The van der Waals surface area contributed by atoms with Crippen LogP contribution in [0.4, 0.5) is 5.69 Å². The van der Waals surface area contributed by atoms with E-state index < -0.39 is 0 Å². The van der Waals surface area contributed by atoms with Gasteiger partial charge in [-0.15, -0.1) is 10.2 Å². The van der Waals surface area contributed by atoms with Crippen LogP contribution in [0.25, 0.3) is 11.4 Å². The first kappa shape index (κ1) is 17.0. The van der Waals surface area contributed by atoms with E-state index in [1.54, 1.807) is 6.07 Å². The highest BCUT2D eigenvalue weighted by molar-refractivity contribution is 9.10. The van der Waals surface area contributed by atoms with Crippen LogP contribution in [0.2, 0.25) is 0 Å². The third-order valence-corrected chi connectivity index (χ3v) is 5.32. The summed E-state index contributed by atoms with van der Waals surface area (Å²) in [5, 5.41) is 11.7. The molecule has 1 N–H and O–H groups in total. The van der Waals surface area contributed by atoms with Crippen molar-refractivity contribution in [3.05, 3.63) is 64.4 Å². The average Bonchev–Trinajstić information content (AvgIpc) is 2.91. The zero-order chi connectivity index (χ0) is 17.9. The van der Waals surface area contributed by atoms with Crippen molar-refractivity contribution < 1.29 is 4.79 Å². The standard InChI is InChI=1S/C20H19BrN4O/c21-17-7-4-3-6-16(17)20(26)22-15-11-9-14(10-12-15)19-24-23-18-8-2-1-5-13-25(18)19/h3-4,6-7,9-12H,1-2,5,8,13H2,(H,22,26). The Morgan fingerprint density at radius 1 is 1.00 bits per heavy atom. The number of hydrogen-bond acceptors (Lipinski definition) is 3. The van der Waals surface area contributed by atoms with Gasteiger partial charge < -0.3 is 9.88 Å². The largest absolute Gasteiger partial charge is 0.322 e. The maximum atomic E-state index is 12.4. The van der Waals surface area contributed by atoms with Crippen LogP contribution < -0.4 is 5.32 Å². The lowest BCUT2D eigenvalue weighted by atomic mass is 10.1. The number of fused-ring (bicyclic) bond motifs is 1. The quantitative estimate of drug-likeness (QED) is 0.681. The normalized spacial score (nSPS) is 13.7. The molecule has 0 bridgehead atoms. The van der Waals surface area contributed by atoms with Gasteiger partial charge in [0.2, 0.25) is 0 Å². The van der Waals surface area contributed by atoms with Crippen molar-refractivity contribution in [2.45, 2.75) is 32.2 Å². The van der Waals surface area contributed by atoms with E-state index >= 15 is 0 Å². The first-order valence-corrected chi connectivity index (χ1v) is 9.60. The topological polar surface area (TPSA) is 59.8 Å². The fourth-order valence-electron chi connectivity index (χ4n) is 3.24. The highest BCUT2D eigenvalue weighted by atomic mass is 79.9. The maximum Gasteiger partial charge on any atom is 0.256 e. The summed E-state index contributed by atoms with van der Waals surface area (Å²) >= 11 is 3.41. The van der Waals surface area contributed by atoms with E-state index in [2.05, 4.69) is 36.0 Å². The van der Waals surface area contributed by atoms with Gasteiger partial charge >= 0.3 is 0 Å². The fraction of sp³-hybridized carbons (Fsp3) is 0.250. The number of aryl methyl sites for hydroxylation is 1. The molecule has 1 aromatic heterocycles. The Morgan fingerprint density at radius 3 is 2.62 bits per heavy atom. The van der Waals surface area contributed by atoms with Gasteiger partial charge in [-0.1, -0.05) is 18.6 Å². The molecule has 1 aliphatic rings. The van der Waals surface area contributed by atoms with Gasteiger partial charge in [0.15, 0.2) is 5.82 Å². The van der Waals surface area contributed by atoms with Gasteiger partial charge in [-0.3, -0.25) is 4.79 Å². The monoisotopic (exact) mass is 410 g/mol. The molecule has 0 spiro atoms. The van der Waals surface area contributed by atoms with Gasteiger partial charge in [0, 0.05) is 28.7 Å². The number of carbonyl (C=O) groups is 1. The Labute approximate surface area is 160 Å². The molecule has 5 nitrogen and oxygen atoms in total. The molecule has 0 saturated heterocycles. The number of amides is 1. The molecule has 0 saturated carbocycles. The number of anilines is 1. The van der Waals surface area contributed by atoms with E-state index in [9.17, 15) is 4.79 Å². The second-order valence-corrected chi connectivity index (χ2v) is 7.27. The first-order chi connectivity index (χ1) is 12.7. The lowest BCUT2D eigenvalue weighted by Crippen LogP contribution is -2.12. The Kier molecular flexibility index (Phi) is 4.84. The van der Waals surface area contributed by atoms with Crippen molar-refractivity contribution >= 4 is 27.5 Å². The Bertz CT molecular complexity index is 933. The van der Waals surface area contributed by atoms with E-state index in [1.807, 2.05) is 42.5 Å². The minimum absolute atomic E-state index is 0.137. The number of hydrogen-bond donors (Lipinski definition) is 1. The highest BCUT2D eigenvalue weighted by Gasteiger charge is 2.16. The Balaban J connectivity index is 1.54. The van der Waals surface area contributed by atoms with Gasteiger partial charge in [-0.25, -0.2) is 0 Å². The van der Waals surface area contributed by atoms with E-state index in [-0.39, 0.29) is 5.91 Å². The number of nitrogens with zero attached hydrogens (tertiary/aromatic N) is 3. The summed E-state index contributed by atoms with van der Waals surface area (Å²) < 4.78 is 3.00. The number of halogens is 1. The number of rotatable bonds is 3. The molecule has 0 fully saturated rings. The molecule has 3 aromatic rings. The average molecular weight is 411 g/mol. The summed E-state index contributed by atoms with van der Waals surface area (Å²) in [6.45, 7) is 0.970. The Hall–Kier alpha value is -2.47. The van der Waals surface area contributed by atoms with Crippen LogP contribution in [0, 0.1) is 0 Å². The highest BCUT2D eigenvalue weighted by Crippen LogP contribution is 2.24. The molecule has 0 aliphatic carbocycles. The smallest absolute Gasteiger partial charge is 0.256 e. The van der Waals surface area contributed by atoms with E-state index in [0.29, 0.717) is 5.56 Å². The second kappa shape index (κ2) is 7.41. The molecule has 4 rings (SSSR count). The van der Waals surface area contributed by atoms with Crippen molar-refractivity contribution in [1.29, 1.82) is 0 Å². The van der Waals surface area contributed by atoms with Crippen LogP contribution >= 0.6 is 15.9 Å². The van der Waals surface area contributed by atoms with Gasteiger partial charge in [-0.05, 0) is 65.2 Å². The molecule has 0 atom stereocenters. The van der Waals surface area contributed by atoms with Crippen molar-refractivity contribution in [3.8, 4) is 11.4 Å². The molecule has 2 heterocycles. The van der Waals surface area contributed by atoms with Crippen LogP contribution in [0.5, 0.6) is 0 Å². The van der Waals surface area contributed by atoms with Crippen molar-refractivity contribution in [1.82, 2.24) is 14.8 Å². The lowest BCUT2D eigenvalue weighted by molar-refractivity contribution is 0.102. The zero-order valence-electron chi connectivity index (χ0n) is 14.3. The summed E-state index contributed by atoms with van der Waals surface area (Å²) in [6, 6.07) is 15.2. The first-order valence-electron chi connectivity index (χ1n) is 8.81. The molecule has 6 heteroatoms. The minimum atomic E-state index is -0.137. The molecule has 26 heavy (non-hydrogen) atoms. The fourth-order valence-corrected chi connectivity index (χ4v) is 3.71. The SMILES string of the molecule is O=C(Nc1ccc(-c2nnc3n2CCCCC3)cc1)c1ccccc1Br. The molecule has 1 amide bonds. The number of benzene rings is 2. The van der Waals surface area contributed by atoms with Gasteiger partial charge in [0.25, 0.3) is 5.91 Å². The number of nitrogens with one attached hydrogen (secondary N) is 1. The van der Waals surface area contributed by atoms with Crippen molar-refractivity contribution in [3.63, 3.8) is 0 Å². The molecular formula is C20H19BrN4O. The molecule has 1 aliphatic heterocycles. The predicted octanol–water partition coefficient (Wildman–Crippen LogP) is 4.69. The predicted molar refractivity (Wildman–Crippen MR) is 105 cm³/mol. The molecular weight excluding hydrogens is 392 g/mol. The van der Waals surface area contributed by atoms with E-state index in [4.69, 9.17) is 0 Å². The second-order valence-electron chi connectivity index (χ2n) is 6.41. The van der Waals surface area contributed by atoms with Crippen LogP contribution in [0.1, 0.15) is 35.4 Å². The summed E-state index contributed by atoms with van der Waals surface area (Å²) in [4.78, 5) is 12.4. The minimum Gasteiger partial charge on any atom is -0.322 e. The third kappa shape index (κ3) is 3.42. The van der Waals surface area contributed by atoms with Gasteiger partial charge in [0.05, 0.1) is 5.56 Å². The maximum absolute atomic E-state index is 12.4. The van der Waals surface area contributed by atoms with E-state index in [0.717, 1.165) is 46.8 Å². The van der Waals surface area contributed by atoms with Crippen LogP contribution in [-0.2, 0) is 13.0 Å².